The minimum atomic E-state index is -4.84. The van der Waals surface area contributed by atoms with Gasteiger partial charge in [0.05, 0.1) is 4.90 Å². The lowest BCUT2D eigenvalue weighted by Crippen LogP contribution is -2.31. The van der Waals surface area contributed by atoms with Crippen LogP contribution in [0.25, 0.3) is 0 Å². The Labute approximate surface area is 178 Å². The van der Waals surface area contributed by atoms with Crippen LogP contribution < -0.4 is 19.7 Å². The van der Waals surface area contributed by atoms with Crippen molar-refractivity contribution < 1.29 is 26.3 Å². The number of halogens is 3. The molecule has 1 aromatic carbocycles. The van der Waals surface area contributed by atoms with Crippen LogP contribution in [0.4, 0.5) is 24.8 Å². The predicted octanol–water partition coefficient (Wildman–Crippen LogP) is 3.06. The van der Waals surface area contributed by atoms with E-state index in [1.54, 1.807) is 6.92 Å². The Morgan fingerprint density at radius 3 is 2.39 bits per heavy atom. The molecule has 0 amide bonds. The Hall–Kier alpha value is -2.60. The van der Waals surface area contributed by atoms with Gasteiger partial charge in [-0.2, -0.15) is 0 Å². The van der Waals surface area contributed by atoms with Crippen LogP contribution in [0.1, 0.15) is 25.1 Å². The van der Waals surface area contributed by atoms with Crippen LogP contribution in [-0.2, 0) is 10.0 Å². The van der Waals surface area contributed by atoms with Crippen LogP contribution in [0.2, 0.25) is 0 Å². The number of anilines is 2. The van der Waals surface area contributed by atoms with Gasteiger partial charge in [0.2, 0.25) is 10.0 Å². The highest BCUT2D eigenvalue weighted by Gasteiger charge is 2.31. The van der Waals surface area contributed by atoms with Crippen molar-refractivity contribution in [3.05, 3.63) is 36.2 Å². The van der Waals surface area contributed by atoms with E-state index in [4.69, 9.17) is 0 Å². The summed E-state index contributed by atoms with van der Waals surface area (Å²) in [6, 6.07) is 5.84. The zero-order valence-electron chi connectivity index (χ0n) is 16.9. The third-order valence-electron chi connectivity index (χ3n) is 4.60. The van der Waals surface area contributed by atoms with Gasteiger partial charge in [-0.25, -0.2) is 23.1 Å². The van der Waals surface area contributed by atoms with E-state index >= 15 is 0 Å². The van der Waals surface area contributed by atoms with Crippen molar-refractivity contribution in [1.82, 2.24) is 14.7 Å². The van der Waals surface area contributed by atoms with Crippen molar-refractivity contribution in [3.8, 4) is 5.75 Å². The van der Waals surface area contributed by atoms with Crippen LogP contribution in [0.5, 0.6) is 5.75 Å². The number of nitrogens with zero attached hydrogens (tertiary/aromatic N) is 3. The standard InChI is InChI=1S/C19H24F3N5O3S/c1-14-25-17(13-18(26-14)27-11-3-2-4-12-27)23-9-10-24-31(28,29)16-7-5-15(6-8-16)30-19(20,21)22/h5-8,13,24H,2-4,9-12H2,1H3,(H,23,25,26). The Kier molecular flexibility index (Phi) is 7.21. The van der Waals surface area contributed by atoms with Crippen LogP contribution >= 0.6 is 0 Å². The fourth-order valence-electron chi connectivity index (χ4n) is 3.21. The van der Waals surface area contributed by atoms with Gasteiger partial charge in [0.15, 0.2) is 0 Å². The van der Waals surface area contributed by atoms with Gasteiger partial charge < -0.3 is 15.0 Å². The molecule has 0 aliphatic carbocycles. The number of sulfonamides is 1. The maximum absolute atomic E-state index is 12.3. The Balaban J connectivity index is 1.53. The summed E-state index contributed by atoms with van der Waals surface area (Å²) in [6.45, 7) is 4.02. The smallest absolute Gasteiger partial charge is 0.406 e. The van der Waals surface area contributed by atoms with Crippen LogP contribution in [0.15, 0.2) is 35.2 Å². The molecule has 1 fully saturated rings. The molecule has 12 heteroatoms. The lowest BCUT2D eigenvalue weighted by molar-refractivity contribution is -0.274. The number of alkyl halides is 3. The fraction of sp³-hybridized carbons (Fsp3) is 0.474. The van der Waals surface area contributed by atoms with Crippen molar-refractivity contribution in [2.24, 2.45) is 0 Å². The topological polar surface area (TPSA) is 96.5 Å². The molecule has 1 aromatic heterocycles. The molecule has 1 aliphatic heterocycles. The lowest BCUT2D eigenvalue weighted by Gasteiger charge is -2.28. The molecule has 2 aromatic rings. The molecule has 3 rings (SSSR count). The van der Waals surface area contributed by atoms with E-state index in [0.29, 0.717) is 11.6 Å². The molecule has 0 spiro atoms. The van der Waals surface area contributed by atoms with E-state index < -0.39 is 22.1 Å². The van der Waals surface area contributed by atoms with Gasteiger partial charge in [0, 0.05) is 32.2 Å². The van der Waals surface area contributed by atoms with Crippen molar-refractivity contribution in [2.75, 3.05) is 36.4 Å². The van der Waals surface area contributed by atoms with Gasteiger partial charge in [0.1, 0.15) is 23.2 Å². The number of nitrogens with one attached hydrogen (secondary N) is 2. The molecule has 170 valence electrons. The summed E-state index contributed by atoms with van der Waals surface area (Å²) in [6.07, 6.45) is -1.38. The second kappa shape index (κ2) is 9.69. The Morgan fingerprint density at radius 2 is 1.74 bits per heavy atom. The Bertz CT molecular complexity index is 978. The molecule has 31 heavy (non-hydrogen) atoms. The van der Waals surface area contributed by atoms with E-state index in [2.05, 4.69) is 29.6 Å². The number of piperidine rings is 1. The second-order valence-electron chi connectivity index (χ2n) is 7.05. The fourth-order valence-corrected chi connectivity index (χ4v) is 4.24. The SMILES string of the molecule is Cc1nc(NCCNS(=O)(=O)c2ccc(OC(F)(F)F)cc2)cc(N2CCCCC2)n1. The molecular formula is C19H24F3N5O3S. The number of aromatic nitrogens is 2. The van der Waals surface area contributed by atoms with E-state index in [1.165, 1.54) is 6.42 Å². The van der Waals surface area contributed by atoms with Gasteiger partial charge in [-0.1, -0.05) is 0 Å². The van der Waals surface area contributed by atoms with Crippen LogP contribution in [0.3, 0.4) is 0 Å². The molecule has 0 bridgehead atoms. The number of rotatable bonds is 8. The molecule has 0 radical (unpaired) electrons. The van der Waals surface area contributed by atoms with E-state index in [0.717, 1.165) is 56.0 Å². The van der Waals surface area contributed by atoms with E-state index in [1.807, 2.05) is 6.07 Å². The van der Waals surface area contributed by atoms with Gasteiger partial charge in [0.25, 0.3) is 0 Å². The second-order valence-corrected chi connectivity index (χ2v) is 8.82. The number of ether oxygens (including phenoxy) is 1. The molecule has 2 heterocycles. The van der Waals surface area contributed by atoms with Crippen LogP contribution in [0, 0.1) is 6.92 Å². The van der Waals surface area contributed by atoms with Gasteiger partial charge in [-0.3, -0.25) is 0 Å². The quantitative estimate of drug-likeness (QED) is 0.586. The summed E-state index contributed by atoms with van der Waals surface area (Å²) in [5.41, 5.74) is 0. The summed E-state index contributed by atoms with van der Waals surface area (Å²) >= 11 is 0. The number of hydrogen-bond acceptors (Lipinski definition) is 7. The zero-order chi connectivity index (χ0) is 22.5. The van der Waals surface area contributed by atoms with Gasteiger partial charge >= 0.3 is 6.36 Å². The monoisotopic (exact) mass is 459 g/mol. The first-order valence-corrected chi connectivity index (χ1v) is 11.3. The highest BCUT2D eigenvalue weighted by Crippen LogP contribution is 2.24. The lowest BCUT2D eigenvalue weighted by atomic mass is 10.1. The maximum Gasteiger partial charge on any atom is 0.573 e. The minimum Gasteiger partial charge on any atom is -0.406 e. The highest BCUT2D eigenvalue weighted by atomic mass is 32.2. The van der Waals surface area contributed by atoms with Crippen molar-refractivity contribution in [1.29, 1.82) is 0 Å². The maximum atomic E-state index is 12.3. The molecule has 0 atom stereocenters. The van der Waals surface area contributed by atoms with E-state index in [-0.39, 0.29) is 18.0 Å². The van der Waals surface area contributed by atoms with Crippen molar-refractivity contribution in [2.45, 2.75) is 37.4 Å². The summed E-state index contributed by atoms with van der Waals surface area (Å²) < 4.78 is 67.4. The molecule has 1 saturated heterocycles. The predicted molar refractivity (Wildman–Crippen MR) is 110 cm³/mol. The van der Waals surface area contributed by atoms with Crippen molar-refractivity contribution >= 4 is 21.7 Å². The summed E-state index contributed by atoms with van der Waals surface area (Å²) in [5, 5.41) is 3.07. The average molecular weight is 459 g/mol. The molecule has 8 nitrogen and oxygen atoms in total. The first-order chi connectivity index (χ1) is 14.6. The van der Waals surface area contributed by atoms with E-state index in [9.17, 15) is 21.6 Å². The third kappa shape index (κ3) is 6.96. The normalized spacial score (nSPS) is 15.0. The molecule has 0 unspecified atom stereocenters. The van der Waals surface area contributed by atoms with Gasteiger partial charge in [-0.05, 0) is 50.5 Å². The zero-order valence-corrected chi connectivity index (χ0v) is 17.8. The number of aryl methyl sites for hydroxylation is 1. The summed E-state index contributed by atoms with van der Waals surface area (Å²) in [7, 11) is -3.88. The first-order valence-electron chi connectivity index (χ1n) is 9.82. The van der Waals surface area contributed by atoms with Crippen LogP contribution in [-0.4, -0.2) is 50.9 Å². The Morgan fingerprint density at radius 1 is 1.06 bits per heavy atom. The number of benzene rings is 1. The minimum absolute atomic E-state index is 0.0607. The third-order valence-corrected chi connectivity index (χ3v) is 6.07. The molecule has 0 saturated carbocycles. The first kappa shape index (κ1) is 23.1. The highest BCUT2D eigenvalue weighted by molar-refractivity contribution is 7.89. The van der Waals surface area contributed by atoms with Gasteiger partial charge in [-0.15, -0.1) is 13.2 Å². The largest absolute Gasteiger partial charge is 0.573 e. The molecule has 2 N–H and O–H groups in total. The summed E-state index contributed by atoms with van der Waals surface area (Å²) in [4.78, 5) is 10.9. The summed E-state index contributed by atoms with van der Waals surface area (Å²) in [5.74, 6) is 1.57. The molecule has 1 aliphatic rings. The molecular weight excluding hydrogens is 435 g/mol. The average Bonchev–Trinajstić information content (AvgIpc) is 2.71. The number of hydrogen-bond donors (Lipinski definition) is 2. The van der Waals surface area contributed by atoms with Crippen molar-refractivity contribution in [3.63, 3.8) is 0 Å².